The largest absolute Gasteiger partial charge is 0.455 e. The van der Waals surface area contributed by atoms with Crippen LogP contribution in [-0.2, 0) is 16.6 Å². The van der Waals surface area contributed by atoms with E-state index in [9.17, 15) is 17.6 Å². The van der Waals surface area contributed by atoms with Crippen LogP contribution in [-0.4, -0.2) is 21.0 Å². The first kappa shape index (κ1) is 20.5. The molecule has 4 aromatic rings. The Morgan fingerprint density at radius 1 is 1.06 bits per heavy atom. The van der Waals surface area contributed by atoms with Crippen LogP contribution in [0.3, 0.4) is 0 Å². The summed E-state index contributed by atoms with van der Waals surface area (Å²) in [7, 11) is -3.58. The van der Waals surface area contributed by atoms with E-state index in [1.54, 1.807) is 18.2 Å². The molecule has 0 saturated carbocycles. The summed E-state index contributed by atoms with van der Waals surface area (Å²) in [5, 5.41) is 0.595. The molecule has 1 unspecified atom stereocenters. The number of fused-ring (bicyclic) bond motifs is 3. The van der Waals surface area contributed by atoms with Crippen LogP contribution in [0.15, 0.2) is 65.1 Å². The van der Waals surface area contributed by atoms with Gasteiger partial charge in [-0.25, -0.2) is 12.8 Å². The molecule has 7 heteroatoms. The summed E-state index contributed by atoms with van der Waals surface area (Å²) >= 11 is 0. The molecule has 0 amide bonds. The molecule has 0 saturated heterocycles. The van der Waals surface area contributed by atoms with Gasteiger partial charge in [-0.15, -0.1) is 0 Å². The minimum Gasteiger partial charge on any atom is -0.455 e. The van der Waals surface area contributed by atoms with Crippen molar-refractivity contribution in [2.45, 2.75) is 19.4 Å². The number of hydrogen-bond donors (Lipinski definition) is 0. The standard InChI is InChI=1S/C25H20FNO4S/c1-15-19-6-4-3-5-17(19)13-27(32(2,29)30)23-12-24-21(11-20(15)23)22(14-28)25(31-24)16-7-9-18(26)10-8-16/h3-12,14-15H,13H2,1-2H3. The van der Waals surface area contributed by atoms with Gasteiger partial charge in [-0.05, 0) is 47.0 Å². The molecule has 5 rings (SSSR count). The van der Waals surface area contributed by atoms with Crippen molar-refractivity contribution >= 4 is 33.0 Å². The maximum absolute atomic E-state index is 13.4. The maximum atomic E-state index is 13.4. The quantitative estimate of drug-likeness (QED) is 0.388. The number of carbonyl (C=O) groups is 1. The van der Waals surface area contributed by atoms with E-state index < -0.39 is 10.0 Å². The fourth-order valence-corrected chi connectivity index (χ4v) is 5.36. The van der Waals surface area contributed by atoms with Crippen LogP contribution in [0.25, 0.3) is 22.3 Å². The first-order valence-electron chi connectivity index (χ1n) is 10.1. The lowest BCUT2D eigenvalue weighted by atomic mass is 9.89. The van der Waals surface area contributed by atoms with Gasteiger partial charge in [0.15, 0.2) is 6.29 Å². The van der Waals surface area contributed by atoms with Gasteiger partial charge in [-0.1, -0.05) is 31.2 Å². The first-order valence-corrected chi connectivity index (χ1v) is 12.0. The number of benzene rings is 3. The van der Waals surface area contributed by atoms with Crippen molar-refractivity contribution in [1.82, 2.24) is 0 Å². The third-order valence-electron chi connectivity index (χ3n) is 6.07. The van der Waals surface area contributed by atoms with Crippen molar-refractivity contribution in [3.05, 3.63) is 88.7 Å². The molecule has 0 spiro atoms. The number of hydrogen-bond acceptors (Lipinski definition) is 4. The molecule has 162 valence electrons. The first-order chi connectivity index (χ1) is 15.3. The highest BCUT2D eigenvalue weighted by molar-refractivity contribution is 7.92. The van der Waals surface area contributed by atoms with Gasteiger partial charge in [0.05, 0.1) is 24.1 Å². The van der Waals surface area contributed by atoms with Gasteiger partial charge in [-0.2, -0.15) is 0 Å². The highest BCUT2D eigenvalue weighted by Gasteiger charge is 2.31. The van der Waals surface area contributed by atoms with Gasteiger partial charge in [0, 0.05) is 22.9 Å². The summed E-state index contributed by atoms with van der Waals surface area (Å²) in [5.41, 5.74) is 4.61. The monoisotopic (exact) mass is 449 g/mol. The highest BCUT2D eigenvalue weighted by Crippen LogP contribution is 2.44. The Bertz CT molecular complexity index is 1470. The molecule has 0 N–H and O–H groups in total. The average Bonchev–Trinajstić information content (AvgIpc) is 3.07. The molecular weight excluding hydrogens is 429 g/mol. The molecule has 1 aliphatic heterocycles. The van der Waals surface area contributed by atoms with Crippen molar-refractivity contribution in [3.8, 4) is 11.3 Å². The molecule has 32 heavy (non-hydrogen) atoms. The van der Waals surface area contributed by atoms with E-state index in [2.05, 4.69) is 0 Å². The highest BCUT2D eigenvalue weighted by atomic mass is 32.2. The van der Waals surface area contributed by atoms with Gasteiger partial charge >= 0.3 is 0 Å². The lowest BCUT2D eigenvalue weighted by molar-refractivity contribution is 0.112. The van der Waals surface area contributed by atoms with E-state index in [-0.39, 0.29) is 18.3 Å². The zero-order valence-electron chi connectivity index (χ0n) is 17.5. The Balaban J connectivity index is 1.81. The number of furan rings is 1. The topological polar surface area (TPSA) is 67.6 Å². The molecule has 1 aliphatic rings. The van der Waals surface area contributed by atoms with Crippen LogP contribution in [0, 0.1) is 5.82 Å². The fourth-order valence-electron chi connectivity index (χ4n) is 4.47. The zero-order chi connectivity index (χ0) is 22.6. The van der Waals surface area contributed by atoms with Gasteiger partial charge in [0.2, 0.25) is 10.0 Å². The minimum absolute atomic E-state index is 0.0963. The summed E-state index contributed by atoms with van der Waals surface area (Å²) < 4.78 is 46.3. The van der Waals surface area contributed by atoms with Crippen molar-refractivity contribution in [1.29, 1.82) is 0 Å². The Morgan fingerprint density at radius 3 is 2.47 bits per heavy atom. The average molecular weight is 450 g/mol. The van der Waals surface area contributed by atoms with Gasteiger partial charge in [-0.3, -0.25) is 9.10 Å². The van der Waals surface area contributed by atoms with Gasteiger partial charge in [0.25, 0.3) is 0 Å². The second-order valence-electron chi connectivity index (χ2n) is 8.07. The summed E-state index contributed by atoms with van der Waals surface area (Å²) in [4.78, 5) is 12.0. The van der Waals surface area contributed by atoms with E-state index in [0.717, 1.165) is 23.0 Å². The summed E-state index contributed by atoms with van der Waals surface area (Å²) in [6.07, 6.45) is 1.91. The fraction of sp³-hybridized carbons (Fsp3) is 0.160. The normalized spacial score (nSPS) is 15.8. The molecule has 0 radical (unpaired) electrons. The Labute approximate surface area is 185 Å². The van der Waals surface area contributed by atoms with Gasteiger partial charge < -0.3 is 4.42 Å². The molecule has 0 bridgehead atoms. The number of rotatable bonds is 3. The minimum atomic E-state index is -3.58. The number of aldehydes is 1. The van der Waals surface area contributed by atoms with Crippen LogP contribution < -0.4 is 4.31 Å². The Morgan fingerprint density at radius 2 is 1.78 bits per heavy atom. The van der Waals surface area contributed by atoms with Crippen molar-refractivity contribution in [2.24, 2.45) is 0 Å². The Hall–Kier alpha value is -3.45. The predicted octanol–water partition coefficient (Wildman–Crippen LogP) is 5.48. The van der Waals surface area contributed by atoms with E-state index in [0.29, 0.717) is 33.5 Å². The third-order valence-corrected chi connectivity index (χ3v) is 7.20. The van der Waals surface area contributed by atoms with Crippen LogP contribution in [0.5, 0.6) is 0 Å². The number of halogens is 1. The second-order valence-corrected chi connectivity index (χ2v) is 9.97. The smallest absolute Gasteiger partial charge is 0.232 e. The van der Waals surface area contributed by atoms with E-state index in [1.165, 1.54) is 22.7 Å². The summed E-state index contributed by atoms with van der Waals surface area (Å²) in [6.45, 7) is 2.24. The van der Waals surface area contributed by atoms with Crippen molar-refractivity contribution in [2.75, 3.05) is 10.6 Å². The Kier molecular flexibility index (Phi) is 4.67. The van der Waals surface area contributed by atoms with Crippen LogP contribution in [0.2, 0.25) is 0 Å². The number of carbonyl (C=O) groups excluding carboxylic acids is 1. The molecule has 0 aliphatic carbocycles. The second kappa shape index (κ2) is 7.31. The zero-order valence-corrected chi connectivity index (χ0v) is 18.3. The van der Waals surface area contributed by atoms with E-state index in [1.807, 2.05) is 37.3 Å². The van der Waals surface area contributed by atoms with E-state index in [4.69, 9.17) is 4.42 Å². The van der Waals surface area contributed by atoms with Crippen molar-refractivity contribution < 1.29 is 22.0 Å². The van der Waals surface area contributed by atoms with Crippen LogP contribution in [0.4, 0.5) is 10.1 Å². The maximum Gasteiger partial charge on any atom is 0.232 e. The number of sulfonamides is 1. The van der Waals surface area contributed by atoms with Gasteiger partial charge in [0.1, 0.15) is 17.2 Å². The lowest BCUT2D eigenvalue weighted by Gasteiger charge is -2.23. The number of anilines is 1. The van der Waals surface area contributed by atoms with Crippen molar-refractivity contribution in [3.63, 3.8) is 0 Å². The molecule has 1 aromatic heterocycles. The predicted molar refractivity (Wildman–Crippen MR) is 122 cm³/mol. The molecule has 5 nitrogen and oxygen atoms in total. The molecular formula is C25H20FNO4S. The molecule has 1 atom stereocenters. The lowest BCUT2D eigenvalue weighted by Crippen LogP contribution is -2.29. The molecule has 3 aromatic carbocycles. The van der Waals surface area contributed by atoms with Crippen LogP contribution >= 0.6 is 0 Å². The SMILES string of the molecule is CC1c2ccccc2CN(S(C)(=O)=O)c2cc3oc(-c4ccc(F)cc4)c(C=O)c3cc21. The number of nitrogens with zero attached hydrogens (tertiary/aromatic N) is 1. The third kappa shape index (κ3) is 3.20. The summed E-state index contributed by atoms with van der Waals surface area (Å²) in [6, 6.07) is 17.0. The summed E-state index contributed by atoms with van der Waals surface area (Å²) in [5.74, 6) is -0.157. The van der Waals surface area contributed by atoms with Crippen LogP contribution in [0.1, 0.15) is 39.9 Å². The molecule has 0 fully saturated rings. The molecule has 2 heterocycles. The van der Waals surface area contributed by atoms with E-state index >= 15 is 0 Å².